The number of pyridine rings is 1. The molecule has 1 fully saturated rings. The van der Waals surface area contributed by atoms with Crippen molar-refractivity contribution >= 4 is 29.4 Å². The van der Waals surface area contributed by atoms with Gasteiger partial charge in [0.2, 0.25) is 11.9 Å². The number of alkyl halides is 3. The van der Waals surface area contributed by atoms with Crippen LogP contribution in [0, 0.1) is 24.2 Å². The second kappa shape index (κ2) is 17.1. The van der Waals surface area contributed by atoms with Crippen LogP contribution < -0.4 is 31.2 Å². The Morgan fingerprint density at radius 1 is 0.864 bits per heavy atom. The first-order valence-electron chi connectivity index (χ1n) is 20.0. The van der Waals surface area contributed by atoms with Crippen molar-refractivity contribution in [2.24, 2.45) is 28.7 Å². The Bertz CT molecular complexity index is 2190. The van der Waals surface area contributed by atoms with Gasteiger partial charge in [0.15, 0.2) is 0 Å². The number of hydrogen-bond acceptors (Lipinski definition) is 10. The van der Waals surface area contributed by atoms with Gasteiger partial charge in [-0.1, -0.05) is 33.8 Å². The Labute approximate surface area is 349 Å². The van der Waals surface area contributed by atoms with Crippen LogP contribution in [-0.4, -0.2) is 50.5 Å². The lowest BCUT2D eigenvalue weighted by molar-refractivity contribution is -0.139. The minimum absolute atomic E-state index is 0.0676. The van der Waals surface area contributed by atoms with E-state index in [1.165, 1.54) is 12.3 Å². The van der Waals surface area contributed by atoms with Crippen molar-refractivity contribution in [3.05, 3.63) is 89.2 Å². The lowest BCUT2D eigenvalue weighted by atomic mass is 9.93. The summed E-state index contributed by atoms with van der Waals surface area (Å²) in [5.41, 5.74) is 14.1. The zero-order valence-corrected chi connectivity index (χ0v) is 35.9. The third-order valence-corrected chi connectivity index (χ3v) is 11.9. The van der Waals surface area contributed by atoms with Crippen LogP contribution in [-0.2, 0) is 11.0 Å². The summed E-state index contributed by atoms with van der Waals surface area (Å²) < 4.78 is 54.7. The second-order valence-corrected chi connectivity index (χ2v) is 18.6. The predicted octanol–water partition coefficient (Wildman–Crippen LogP) is 9.98. The third-order valence-electron chi connectivity index (χ3n) is 10.5. The molecule has 5 N–H and O–H groups in total. The Kier molecular flexibility index (Phi) is 12.8. The van der Waals surface area contributed by atoms with Crippen molar-refractivity contribution < 1.29 is 27.4 Å². The third kappa shape index (κ3) is 10.6. The van der Waals surface area contributed by atoms with E-state index in [0.717, 1.165) is 40.8 Å². The summed E-state index contributed by atoms with van der Waals surface area (Å²) in [6, 6.07) is 14.9. The lowest BCUT2D eigenvalue weighted by Crippen LogP contribution is -2.43. The summed E-state index contributed by atoms with van der Waals surface area (Å²) in [6.45, 7) is 16.4. The number of aromatic nitrogens is 3. The molecule has 1 aliphatic heterocycles. The summed E-state index contributed by atoms with van der Waals surface area (Å²) in [6.07, 6.45) is 1.21. The summed E-state index contributed by atoms with van der Waals surface area (Å²) in [5, 5.41) is 4.66. The first kappa shape index (κ1) is 43.9. The number of amides is 1. The molecular formula is C45H56F3N7O3S. The molecule has 1 aliphatic carbocycles. The van der Waals surface area contributed by atoms with E-state index in [2.05, 4.69) is 29.1 Å². The number of nitrogens with zero attached hydrogens (tertiary/aromatic N) is 4. The molecule has 14 heteroatoms. The fourth-order valence-electron chi connectivity index (χ4n) is 7.87. The molecule has 3 atom stereocenters. The molecule has 4 aromatic rings. The largest absolute Gasteiger partial charge is 0.491 e. The fraction of sp³-hybridized carbons (Fsp3) is 0.467. The summed E-state index contributed by atoms with van der Waals surface area (Å²) >= 11 is 1.54. The molecule has 0 saturated heterocycles. The van der Waals surface area contributed by atoms with Gasteiger partial charge in [0.05, 0.1) is 16.7 Å². The number of anilines is 2. The van der Waals surface area contributed by atoms with E-state index in [-0.39, 0.29) is 35.4 Å². The van der Waals surface area contributed by atoms with Crippen LogP contribution in [0.1, 0.15) is 85.3 Å². The lowest BCUT2D eigenvalue weighted by Gasteiger charge is -2.31. The standard InChI is InChI=1S/C45H56F3N7O3S/c1-27(2)22-42(7,49)25-57-36-11-10-33(19-29(36)5)35-14-18-52-41(53-35)55-30(6)24-59-40(55)44(15-16-44)39(56)54-38-21-32(13-17-51-38)31-9-12-37(34(20-31)45(46,47)48)58-26-43(8,50)23-28(3)4/h9-14,17-21,24,27-28,40H,15-16,22-23,25-26,49-50H2,1-8H3,(H,51,54,56)/t40-,42?,43?/m0/s1. The van der Waals surface area contributed by atoms with Gasteiger partial charge in [-0.05, 0) is 136 Å². The highest BCUT2D eigenvalue weighted by molar-refractivity contribution is 8.03. The molecule has 59 heavy (non-hydrogen) atoms. The van der Waals surface area contributed by atoms with E-state index in [9.17, 15) is 18.0 Å². The molecular weight excluding hydrogens is 776 g/mol. The van der Waals surface area contributed by atoms with E-state index in [1.807, 2.05) is 69.2 Å². The smallest absolute Gasteiger partial charge is 0.419 e. The number of halogens is 3. The van der Waals surface area contributed by atoms with E-state index in [0.29, 0.717) is 48.9 Å². The number of hydrogen-bond donors (Lipinski definition) is 3. The normalized spacial score (nSPS) is 18.3. The fourth-order valence-corrected chi connectivity index (χ4v) is 9.29. The van der Waals surface area contributed by atoms with Gasteiger partial charge in [0.25, 0.3) is 0 Å². The number of nitrogens with one attached hydrogen (secondary N) is 1. The van der Waals surface area contributed by atoms with E-state index in [4.69, 9.17) is 25.9 Å². The van der Waals surface area contributed by atoms with Crippen LogP contribution in [0.5, 0.6) is 11.5 Å². The Balaban J connectivity index is 1.17. The number of allylic oxidation sites excluding steroid dienone is 1. The number of thioether (sulfide) groups is 1. The topological polar surface area (TPSA) is 142 Å². The number of benzene rings is 2. The summed E-state index contributed by atoms with van der Waals surface area (Å²) in [5.74, 6) is 1.66. The van der Waals surface area contributed by atoms with Gasteiger partial charge in [0.1, 0.15) is 35.9 Å². The van der Waals surface area contributed by atoms with Gasteiger partial charge < -0.3 is 31.2 Å². The molecule has 6 rings (SSSR count). The maximum atomic E-state index is 14.3. The van der Waals surface area contributed by atoms with E-state index >= 15 is 0 Å². The zero-order valence-electron chi connectivity index (χ0n) is 35.1. The minimum Gasteiger partial charge on any atom is -0.491 e. The molecule has 316 valence electrons. The van der Waals surface area contributed by atoms with Gasteiger partial charge in [-0.25, -0.2) is 15.0 Å². The second-order valence-electron chi connectivity index (χ2n) is 17.7. The van der Waals surface area contributed by atoms with Crippen molar-refractivity contribution in [3.63, 3.8) is 0 Å². The molecule has 1 saturated carbocycles. The van der Waals surface area contributed by atoms with Crippen molar-refractivity contribution in [1.82, 2.24) is 15.0 Å². The number of aryl methyl sites for hydroxylation is 1. The number of carbonyl (C=O) groups is 1. The molecule has 0 radical (unpaired) electrons. The van der Waals surface area contributed by atoms with Crippen LogP contribution in [0.2, 0.25) is 0 Å². The average Bonchev–Trinajstić information content (AvgIpc) is 3.87. The van der Waals surface area contributed by atoms with Crippen molar-refractivity contribution in [1.29, 1.82) is 0 Å². The number of ether oxygens (including phenoxy) is 2. The number of nitrogens with two attached hydrogens (primary N) is 2. The highest BCUT2D eigenvalue weighted by Crippen LogP contribution is 2.58. The average molecular weight is 832 g/mol. The zero-order chi connectivity index (χ0) is 42.9. The van der Waals surface area contributed by atoms with Crippen LogP contribution in [0.15, 0.2) is 78.1 Å². The van der Waals surface area contributed by atoms with Gasteiger partial charge in [-0.3, -0.25) is 4.79 Å². The van der Waals surface area contributed by atoms with Crippen molar-refractivity contribution in [2.45, 2.75) is 104 Å². The maximum Gasteiger partial charge on any atom is 0.419 e. The van der Waals surface area contributed by atoms with Gasteiger partial charge in [-0.2, -0.15) is 13.2 Å². The van der Waals surface area contributed by atoms with Crippen LogP contribution in [0.3, 0.4) is 0 Å². The molecule has 2 aromatic carbocycles. The minimum atomic E-state index is -4.67. The van der Waals surface area contributed by atoms with Gasteiger partial charge >= 0.3 is 6.18 Å². The predicted molar refractivity (Wildman–Crippen MR) is 230 cm³/mol. The monoisotopic (exact) mass is 831 g/mol. The maximum absolute atomic E-state index is 14.3. The number of rotatable bonds is 16. The van der Waals surface area contributed by atoms with Crippen molar-refractivity contribution in [3.8, 4) is 33.9 Å². The highest BCUT2D eigenvalue weighted by Gasteiger charge is 2.60. The molecule has 2 aromatic heterocycles. The molecule has 3 heterocycles. The summed E-state index contributed by atoms with van der Waals surface area (Å²) in [7, 11) is 0. The SMILES string of the molecule is CC1=CS[C@@H](C2(C(=O)Nc3cc(-c4ccc(OCC(C)(N)CC(C)C)c(C(F)(F)F)c4)ccn3)CC2)N1c1nccc(-c2ccc(OCC(C)(N)CC(C)C)c(C)c2)n1. The van der Waals surface area contributed by atoms with Crippen LogP contribution in [0.25, 0.3) is 22.4 Å². The first-order valence-corrected chi connectivity index (χ1v) is 21.0. The van der Waals surface area contributed by atoms with E-state index in [1.54, 1.807) is 43.1 Å². The molecule has 1 amide bonds. The number of carbonyl (C=O) groups excluding carboxylic acids is 1. The Morgan fingerprint density at radius 2 is 1.46 bits per heavy atom. The molecule has 2 unspecified atom stereocenters. The van der Waals surface area contributed by atoms with Crippen LogP contribution in [0.4, 0.5) is 24.9 Å². The van der Waals surface area contributed by atoms with Gasteiger partial charge in [-0.15, -0.1) is 11.8 Å². The Hall–Kier alpha value is -4.66. The quantitative estimate of drug-likeness (QED) is 0.0999. The van der Waals surface area contributed by atoms with Gasteiger partial charge in [0, 0.05) is 34.7 Å². The van der Waals surface area contributed by atoms with Crippen LogP contribution >= 0.6 is 11.8 Å². The molecule has 0 spiro atoms. The first-order chi connectivity index (χ1) is 27.7. The summed E-state index contributed by atoms with van der Waals surface area (Å²) in [4.78, 5) is 30.1. The van der Waals surface area contributed by atoms with Crippen molar-refractivity contribution in [2.75, 3.05) is 23.4 Å². The Morgan fingerprint density at radius 3 is 2.07 bits per heavy atom. The molecule has 2 aliphatic rings. The molecule has 0 bridgehead atoms. The highest BCUT2D eigenvalue weighted by atomic mass is 32.2. The van der Waals surface area contributed by atoms with E-state index < -0.39 is 28.2 Å². The molecule has 10 nitrogen and oxygen atoms in total.